The van der Waals surface area contributed by atoms with Gasteiger partial charge in [0, 0.05) is 17.3 Å². The second-order valence-corrected chi connectivity index (χ2v) is 4.27. The zero-order valence-corrected chi connectivity index (χ0v) is 10.1. The van der Waals surface area contributed by atoms with Crippen LogP contribution in [0.15, 0.2) is 48.7 Å². The van der Waals surface area contributed by atoms with Gasteiger partial charge in [0.2, 0.25) is 0 Å². The molecule has 0 saturated heterocycles. The molecule has 1 N–H and O–H groups in total. The number of rotatable bonds is 1. The summed E-state index contributed by atoms with van der Waals surface area (Å²) in [5.74, 6) is -0.963. The normalized spacial score (nSPS) is 15.6. The van der Waals surface area contributed by atoms with E-state index in [1.165, 1.54) is 6.20 Å². The molecule has 3 nitrogen and oxygen atoms in total. The smallest absolute Gasteiger partial charge is 0.337 e. The molecule has 1 aliphatic carbocycles. The number of hydrogen-bond acceptors (Lipinski definition) is 2. The predicted octanol–water partition coefficient (Wildman–Crippen LogP) is 3.49. The summed E-state index contributed by atoms with van der Waals surface area (Å²) < 4.78 is 0. The lowest BCUT2D eigenvalue weighted by molar-refractivity contribution is 0.0696. The average Bonchev–Trinajstić information content (AvgIpc) is 2.41. The van der Waals surface area contributed by atoms with Gasteiger partial charge < -0.3 is 5.11 Å². The van der Waals surface area contributed by atoms with E-state index in [-0.39, 0.29) is 5.56 Å². The van der Waals surface area contributed by atoms with Gasteiger partial charge in [0.25, 0.3) is 0 Å². The number of aromatic carboxylic acids is 1. The van der Waals surface area contributed by atoms with Crippen LogP contribution >= 0.6 is 0 Å². The standard InChI is InChI=1S/C16H11NO2/c18-16(19)13-9-12-7-2-1-5-11-6-3-4-8-14(11)15(12)17-10-13/h1-10H,(H,18,19)/b2-1?,5-1-,7-2-,11-5?,12-7?,15-14?. The summed E-state index contributed by atoms with van der Waals surface area (Å²) in [4.78, 5) is 15.3. The number of fused-ring (bicyclic) bond motifs is 3. The number of benzene rings is 1. The Hall–Kier alpha value is -2.68. The van der Waals surface area contributed by atoms with Crippen molar-refractivity contribution in [1.29, 1.82) is 0 Å². The summed E-state index contributed by atoms with van der Waals surface area (Å²) in [5, 5.41) is 9.03. The Kier molecular flexibility index (Phi) is 2.72. The molecule has 0 aliphatic heterocycles. The van der Waals surface area contributed by atoms with E-state index < -0.39 is 5.97 Å². The van der Waals surface area contributed by atoms with Gasteiger partial charge in [-0.05, 0) is 11.6 Å². The third kappa shape index (κ3) is 2.06. The van der Waals surface area contributed by atoms with Crippen LogP contribution in [0.2, 0.25) is 0 Å². The van der Waals surface area contributed by atoms with E-state index >= 15 is 0 Å². The molecule has 1 aromatic carbocycles. The van der Waals surface area contributed by atoms with Crippen molar-refractivity contribution in [2.75, 3.05) is 0 Å². The highest BCUT2D eigenvalue weighted by Crippen LogP contribution is 2.29. The molecule has 92 valence electrons. The SMILES string of the molecule is O=C(O)c1cnc2c(c1)/C=C\C=C/c1ccccc1-2. The summed E-state index contributed by atoms with van der Waals surface area (Å²) in [6.07, 6.45) is 9.12. The molecule has 0 bridgehead atoms. The van der Waals surface area contributed by atoms with Gasteiger partial charge in [0.1, 0.15) is 0 Å². The van der Waals surface area contributed by atoms with E-state index in [1.54, 1.807) is 6.07 Å². The fraction of sp³-hybridized carbons (Fsp3) is 0. The minimum absolute atomic E-state index is 0.199. The molecule has 1 aliphatic rings. The molecule has 3 heteroatoms. The molecule has 2 aromatic rings. The lowest BCUT2D eigenvalue weighted by atomic mass is 9.97. The molecule has 3 rings (SSSR count). The molecule has 0 unspecified atom stereocenters. The Bertz CT molecular complexity index is 714. The Balaban J connectivity index is 2.27. The first-order valence-electron chi connectivity index (χ1n) is 5.93. The molecule has 0 radical (unpaired) electrons. The summed E-state index contributed by atoms with van der Waals surface area (Å²) in [6.45, 7) is 0. The maximum absolute atomic E-state index is 11.0. The Labute approximate surface area is 110 Å². The van der Waals surface area contributed by atoms with Crippen LogP contribution in [0.5, 0.6) is 0 Å². The highest BCUT2D eigenvalue weighted by Gasteiger charge is 2.12. The monoisotopic (exact) mass is 249 g/mol. The van der Waals surface area contributed by atoms with Crippen LogP contribution in [0.1, 0.15) is 21.5 Å². The fourth-order valence-electron chi connectivity index (χ4n) is 2.13. The van der Waals surface area contributed by atoms with E-state index in [4.69, 9.17) is 5.11 Å². The maximum Gasteiger partial charge on any atom is 0.337 e. The Morgan fingerprint density at radius 3 is 2.58 bits per heavy atom. The minimum atomic E-state index is -0.963. The van der Waals surface area contributed by atoms with Crippen LogP contribution < -0.4 is 0 Å². The van der Waals surface area contributed by atoms with Crippen molar-refractivity contribution < 1.29 is 9.90 Å². The van der Waals surface area contributed by atoms with Gasteiger partial charge in [-0.2, -0.15) is 0 Å². The summed E-state index contributed by atoms with van der Waals surface area (Å²) in [7, 11) is 0. The molecule has 1 heterocycles. The molecule has 19 heavy (non-hydrogen) atoms. The van der Waals surface area contributed by atoms with Gasteiger partial charge in [-0.15, -0.1) is 0 Å². The fourth-order valence-corrected chi connectivity index (χ4v) is 2.13. The number of aromatic nitrogens is 1. The number of carboxylic acids is 1. The third-order valence-corrected chi connectivity index (χ3v) is 3.04. The van der Waals surface area contributed by atoms with Gasteiger partial charge in [0.15, 0.2) is 0 Å². The minimum Gasteiger partial charge on any atom is -0.478 e. The van der Waals surface area contributed by atoms with Crippen molar-refractivity contribution in [3.63, 3.8) is 0 Å². The van der Waals surface area contributed by atoms with E-state index in [0.717, 1.165) is 22.4 Å². The number of hydrogen-bond donors (Lipinski definition) is 1. The summed E-state index contributed by atoms with van der Waals surface area (Å²) in [6, 6.07) is 9.58. The topological polar surface area (TPSA) is 50.2 Å². The summed E-state index contributed by atoms with van der Waals surface area (Å²) >= 11 is 0. The van der Waals surface area contributed by atoms with Crippen molar-refractivity contribution >= 4 is 18.1 Å². The molecular formula is C16H11NO2. The largest absolute Gasteiger partial charge is 0.478 e. The predicted molar refractivity (Wildman–Crippen MR) is 74.7 cm³/mol. The Morgan fingerprint density at radius 2 is 1.79 bits per heavy atom. The van der Waals surface area contributed by atoms with Crippen molar-refractivity contribution in [2.24, 2.45) is 0 Å². The molecule has 0 atom stereocenters. The van der Waals surface area contributed by atoms with Crippen molar-refractivity contribution in [2.45, 2.75) is 0 Å². The number of pyridine rings is 1. The number of nitrogens with zero attached hydrogens (tertiary/aromatic N) is 1. The van der Waals surface area contributed by atoms with Crippen LogP contribution in [-0.4, -0.2) is 16.1 Å². The third-order valence-electron chi connectivity index (χ3n) is 3.04. The second kappa shape index (κ2) is 4.53. The van der Waals surface area contributed by atoms with Gasteiger partial charge in [-0.3, -0.25) is 4.98 Å². The molecule has 0 saturated carbocycles. The quantitative estimate of drug-likeness (QED) is 0.841. The molecule has 0 fully saturated rings. The van der Waals surface area contributed by atoms with E-state index in [2.05, 4.69) is 4.98 Å². The van der Waals surface area contributed by atoms with Crippen LogP contribution in [0.3, 0.4) is 0 Å². The van der Waals surface area contributed by atoms with Gasteiger partial charge in [0.05, 0.1) is 11.3 Å². The average molecular weight is 249 g/mol. The van der Waals surface area contributed by atoms with E-state index in [9.17, 15) is 4.79 Å². The first-order chi connectivity index (χ1) is 9.25. The van der Waals surface area contributed by atoms with E-state index in [1.807, 2.05) is 48.6 Å². The first kappa shape index (κ1) is 11.4. The molecule has 1 aromatic heterocycles. The van der Waals surface area contributed by atoms with Crippen molar-refractivity contribution in [3.05, 3.63) is 65.4 Å². The first-order valence-corrected chi connectivity index (χ1v) is 5.93. The van der Waals surface area contributed by atoms with Gasteiger partial charge in [-0.1, -0.05) is 48.6 Å². The number of allylic oxidation sites excluding steroid dienone is 2. The molecule has 0 spiro atoms. The van der Waals surface area contributed by atoms with Crippen LogP contribution in [0, 0.1) is 0 Å². The van der Waals surface area contributed by atoms with Crippen LogP contribution in [-0.2, 0) is 0 Å². The van der Waals surface area contributed by atoms with Crippen LogP contribution in [0.25, 0.3) is 23.4 Å². The zero-order valence-electron chi connectivity index (χ0n) is 10.1. The molecule has 0 amide bonds. The van der Waals surface area contributed by atoms with E-state index in [0.29, 0.717) is 0 Å². The molecular weight excluding hydrogens is 238 g/mol. The zero-order chi connectivity index (χ0) is 13.2. The second-order valence-electron chi connectivity index (χ2n) is 4.27. The van der Waals surface area contributed by atoms with Gasteiger partial charge in [-0.25, -0.2) is 4.79 Å². The maximum atomic E-state index is 11.0. The van der Waals surface area contributed by atoms with Crippen molar-refractivity contribution in [3.8, 4) is 11.3 Å². The summed E-state index contributed by atoms with van der Waals surface area (Å²) in [5.41, 5.74) is 3.90. The lowest BCUT2D eigenvalue weighted by Crippen LogP contribution is -2.00. The number of carbonyl (C=O) groups is 1. The van der Waals surface area contributed by atoms with Crippen molar-refractivity contribution in [1.82, 2.24) is 4.98 Å². The highest BCUT2D eigenvalue weighted by molar-refractivity contribution is 5.90. The number of carboxylic acid groups (broad SMARTS) is 1. The Morgan fingerprint density at radius 1 is 1.05 bits per heavy atom. The lowest BCUT2D eigenvalue weighted by Gasteiger charge is -2.11. The van der Waals surface area contributed by atoms with Crippen LogP contribution in [0.4, 0.5) is 0 Å². The van der Waals surface area contributed by atoms with Gasteiger partial charge >= 0.3 is 5.97 Å². The highest BCUT2D eigenvalue weighted by atomic mass is 16.4.